The molecule has 1 N–H and O–H groups in total. The number of hydrogen-bond acceptors (Lipinski definition) is 1. The van der Waals surface area contributed by atoms with Crippen LogP contribution in [0.2, 0.25) is 0 Å². The van der Waals surface area contributed by atoms with Crippen LogP contribution in [-0.2, 0) is 4.79 Å². The molecule has 1 saturated carbocycles. The Hall–Kier alpha value is -1.05. The average Bonchev–Trinajstić information content (AvgIpc) is 2.50. The van der Waals surface area contributed by atoms with Crippen LogP contribution in [0.4, 0.5) is 0 Å². The van der Waals surface area contributed by atoms with Gasteiger partial charge in [-0.1, -0.05) is 51.3 Å². The molecule has 0 bridgehead atoms. The highest BCUT2D eigenvalue weighted by atomic mass is 16.4. The summed E-state index contributed by atoms with van der Waals surface area (Å²) in [6.07, 6.45) is 6.90. The van der Waals surface area contributed by atoms with Gasteiger partial charge in [0.05, 0.1) is 0 Å². The first-order valence-electron chi connectivity index (χ1n) is 7.01. The number of aliphatic carboxylic acids is 1. The highest BCUT2D eigenvalue weighted by molar-refractivity contribution is 5.89. The number of hydrogen-bond donors (Lipinski definition) is 1. The SMILES string of the molecule is CCCC1=C[C@@H]2C(=C(C(=O)O)C(C)(C)C)C[C@H]2C1. The zero-order valence-electron chi connectivity index (χ0n) is 11.9. The summed E-state index contributed by atoms with van der Waals surface area (Å²) in [5, 5.41) is 9.45. The molecule has 0 spiro atoms. The summed E-state index contributed by atoms with van der Waals surface area (Å²) < 4.78 is 0. The topological polar surface area (TPSA) is 37.3 Å². The number of rotatable bonds is 3. The summed E-state index contributed by atoms with van der Waals surface area (Å²) >= 11 is 0. The molecule has 2 rings (SSSR count). The summed E-state index contributed by atoms with van der Waals surface area (Å²) in [6.45, 7) is 8.21. The van der Waals surface area contributed by atoms with Crippen molar-refractivity contribution in [2.24, 2.45) is 17.3 Å². The fourth-order valence-corrected chi connectivity index (χ4v) is 3.48. The van der Waals surface area contributed by atoms with Crippen LogP contribution in [0.5, 0.6) is 0 Å². The lowest BCUT2D eigenvalue weighted by molar-refractivity contribution is -0.133. The normalized spacial score (nSPS) is 29.4. The van der Waals surface area contributed by atoms with E-state index in [1.54, 1.807) is 5.57 Å². The van der Waals surface area contributed by atoms with E-state index in [1.807, 2.05) is 20.8 Å². The predicted molar refractivity (Wildman–Crippen MR) is 73.3 cm³/mol. The van der Waals surface area contributed by atoms with Gasteiger partial charge in [-0.3, -0.25) is 0 Å². The average molecular weight is 248 g/mol. The van der Waals surface area contributed by atoms with E-state index in [4.69, 9.17) is 0 Å². The van der Waals surface area contributed by atoms with Crippen LogP contribution in [0.25, 0.3) is 0 Å². The third-order valence-corrected chi connectivity index (χ3v) is 4.19. The summed E-state index contributed by atoms with van der Waals surface area (Å²) in [4.78, 5) is 11.5. The van der Waals surface area contributed by atoms with E-state index in [2.05, 4.69) is 13.0 Å². The molecule has 0 radical (unpaired) electrons. The van der Waals surface area contributed by atoms with Crippen LogP contribution in [0.1, 0.15) is 53.4 Å². The van der Waals surface area contributed by atoms with Crippen molar-refractivity contribution in [3.8, 4) is 0 Å². The molecule has 0 unspecified atom stereocenters. The molecule has 0 amide bonds. The van der Waals surface area contributed by atoms with Gasteiger partial charge in [0.25, 0.3) is 0 Å². The Labute approximate surface area is 110 Å². The fourth-order valence-electron chi connectivity index (χ4n) is 3.48. The molecule has 2 atom stereocenters. The Morgan fingerprint density at radius 2 is 2.06 bits per heavy atom. The third kappa shape index (κ3) is 2.25. The second-order valence-electron chi connectivity index (χ2n) is 6.72. The number of fused-ring (bicyclic) bond motifs is 1. The maximum atomic E-state index is 11.5. The van der Waals surface area contributed by atoms with Crippen LogP contribution in [0.3, 0.4) is 0 Å². The van der Waals surface area contributed by atoms with E-state index in [9.17, 15) is 9.90 Å². The highest BCUT2D eigenvalue weighted by Crippen LogP contribution is 2.53. The summed E-state index contributed by atoms with van der Waals surface area (Å²) in [5.41, 5.74) is 3.12. The smallest absolute Gasteiger partial charge is 0.332 e. The molecule has 0 saturated heterocycles. The molecule has 0 aromatic carbocycles. The molecular weight excluding hydrogens is 224 g/mol. The molecule has 0 heterocycles. The lowest BCUT2D eigenvalue weighted by Gasteiger charge is -2.38. The van der Waals surface area contributed by atoms with Crippen LogP contribution in [0.15, 0.2) is 22.8 Å². The molecule has 2 aliphatic carbocycles. The Morgan fingerprint density at radius 1 is 1.39 bits per heavy atom. The number of carboxylic acids is 1. The highest BCUT2D eigenvalue weighted by Gasteiger charge is 2.43. The van der Waals surface area contributed by atoms with Crippen molar-refractivity contribution in [3.63, 3.8) is 0 Å². The van der Waals surface area contributed by atoms with Crippen molar-refractivity contribution in [2.45, 2.75) is 53.4 Å². The standard InChI is InChI=1S/C16H24O2/c1-5-6-10-7-11-9-13(12(11)8-10)14(15(17)18)16(2,3)4/h8,11-12H,5-7,9H2,1-4H3,(H,17,18)/t11-,12+/m1/s1. The van der Waals surface area contributed by atoms with E-state index in [0.29, 0.717) is 17.4 Å². The molecule has 0 aromatic heterocycles. The van der Waals surface area contributed by atoms with Crippen molar-refractivity contribution in [1.82, 2.24) is 0 Å². The molecule has 1 fully saturated rings. The van der Waals surface area contributed by atoms with Gasteiger partial charge in [-0.2, -0.15) is 0 Å². The quantitative estimate of drug-likeness (QED) is 0.601. The Morgan fingerprint density at radius 3 is 2.56 bits per heavy atom. The Kier molecular flexibility index (Phi) is 3.39. The molecule has 2 nitrogen and oxygen atoms in total. The molecule has 0 aliphatic heterocycles. The first kappa shape index (κ1) is 13.4. The minimum atomic E-state index is -0.728. The van der Waals surface area contributed by atoms with Crippen molar-refractivity contribution in [3.05, 3.63) is 22.8 Å². The molecular formula is C16H24O2. The van der Waals surface area contributed by atoms with Gasteiger partial charge in [0.1, 0.15) is 0 Å². The van der Waals surface area contributed by atoms with Crippen molar-refractivity contribution >= 4 is 5.97 Å². The van der Waals surface area contributed by atoms with Gasteiger partial charge in [-0.15, -0.1) is 0 Å². The summed E-state index contributed by atoms with van der Waals surface area (Å²) in [6, 6.07) is 0. The Bertz CT molecular complexity index is 421. The van der Waals surface area contributed by atoms with E-state index < -0.39 is 5.97 Å². The van der Waals surface area contributed by atoms with Crippen molar-refractivity contribution < 1.29 is 9.90 Å². The number of carbonyl (C=O) groups is 1. The first-order valence-corrected chi connectivity index (χ1v) is 7.01. The first-order chi connectivity index (χ1) is 8.34. The maximum Gasteiger partial charge on any atom is 0.332 e. The number of carboxylic acid groups (broad SMARTS) is 1. The Balaban J connectivity index is 2.28. The minimum absolute atomic E-state index is 0.256. The van der Waals surface area contributed by atoms with Gasteiger partial charge in [0, 0.05) is 11.5 Å². The van der Waals surface area contributed by atoms with Gasteiger partial charge in [-0.05, 0) is 30.6 Å². The minimum Gasteiger partial charge on any atom is -0.478 e. The fraction of sp³-hybridized carbons (Fsp3) is 0.688. The van der Waals surface area contributed by atoms with Gasteiger partial charge in [0.2, 0.25) is 0 Å². The summed E-state index contributed by atoms with van der Waals surface area (Å²) in [7, 11) is 0. The largest absolute Gasteiger partial charge is 0.478 e. The van der Waals surface area contributed by atoms with Crippen LogP contribution < -0.4 is 0 Å². The van der Waals surface area contributed by atoms with Gasteiger partial charge in [-0.25, -0.2) is 4.79 Å². The molecule has 18 heavy (non-hydrogen) atoms. The van der Waals surface area contributed by atoms with Crippen LogP contribution in [-0.4, -0.2) is 11.1 Å². The zero-order chi connectivity index (χ0) is 13.5. The van der Waals surface area contributed by atoms with Crippen molar-refractivity contribution in [2.75, 3.05) is 0 Å². The third-order valence-electron chi connectivity index (χ3n) is 4.19. The van der Waals surface area contributed by atoms with E-state index in [1.165, 1.54) is 24.8 Å². The zero-order valence-corrected chi connectivity index (χ0v) is 11.9. The second-order valence-corrected chi connectivity index (χ2v) is 6.72. The number of allylic oxidation sites excluding steroid dienone is 3. The molecule has 2 heteroatoms. The second kappa shape index (κ2) is 4.56. The van der Waals surface area contributed by atoms with Gasteiger partial charge < -0.3 is 5.11 Å². The van der Waals surface area contributed by atoms with Crippen LogP contribution >= 0.6 is 0 Å². The van der Waals surface area contributed by atoms with E-state index in [-0.39, 0.29) is 5.41 Å². The lowest BCUT2D eigenvalue weighted by Crippen LogP contribution is -2.31. The summed E-state index contributed by atoms with van der Waals surface area (Å²) in [5.74, 6) is 0.392. The van der Waals surface area contributed by atoms with Crippen LogP contribution in [0, 0.1) is 17.3 Å². The predicted octanol–water partition coefficient (Wildman–Crippen LogP) is 4.18. The molecule has 2 aliphatic rings. The molecule has 0 aromatic rings. The van der Waals surface area contributed by atoms with Gasteiger partial charge in [0.15, 0.2) is 0 Å². The van der Waals surface area contributed by atoms with Gasteiger partial charge >= 0.3 is 5.97 Å². The van der Waals surface area contributed by atoms with E-state index >= 15 is 0 Å². The van der Waals surface area contributed by atoms with E-state index in [0.717, 1.165) is 6.42 Å². The maximum absolute atomic E-state index is 11.5. The molecule has 100 valence electrons. The lowest BCUT2D eigenvalue weighted by atomic mass is 9.65. The van der Waals surface area contributed by atoms with Crippen molar-refractivity contribution in [1.29, 1.82) is 0 Å². The monoisotopic (exact) mass is 248 g/mol.